The lowest BCUT2D eigenvalue weighted by atomic mass is 10.2. The third-order valence-corrected chi connectivity index (χ3v) is 3.29. The van der Waals surface area contributed by atoms with Crippen LogP contribution in [-0.4, -0.2) is 12.6 Å². The second-order valence-electron chi connectivity index (χ2n) is 4.40. The molecule has 2 rings (SSSR count). The van der Waals surface area contributed by atoms with E-state index >= 15 is 0 Å². The molecule has 1 N–H and O–H groups in total. The Balaban J connectivity index is 1.68. The topological polar surface area (TPSA) is 38.3 Å². The number of carbonyl (C=O) groups excluding carboxylic acids is 1. The van der Waals surface area contributed by atoms with Crippen LogP contribution in [0.15, 0.2) is 65.1 Å². The summed E-state index contributed by atoms with van der Waals surface area (Å²) in [4.78, 5) is 11.5. The van der Waals surface area contributed by atoms with Crippen molar-refractivity contribution in [1.82, 2.24) is 5.32 Å². The van der Waals surface area contributed by atoms with Gasteiger partial charge in [0, 0.05) is 11.0 Å². The van der Waals surface area contributed by atoms with Crippen LogP contribution in [0.2, 0.25) is 0 Å². The minimum absolute atomic E-state index is 0.281. The minimum Gasteiger partial charge on any atom is -0.445 e. The fourth-order valence-corrected chi connectivity index (χ4v) is 1.95. The lowest BCUT2D eigenvalue weighted by molar-refractivity contribution is 0.141. The fraction of sp³-hybridized carbons (Fsp3) is 0.118. The molecule has 0 saturated heterocycles. The Hall–Kier alpha value is -2.07. The first-order valence-electron chi connectivity index (χ1n) is 6.61. The van der Waals surface area contributed by atoms with Gasteiger partial charge in [0.2, 0.25) is 0 Å². The van der Waals surface area contributed by atoms with Gasteiger partial charge in [0.25, 0.3) is 0 Å². The number of ether oxygens (including phenoxy) is 1. The van der Waals surface area contributed by atoms with Gasteiger partial charge < -0.3 is 10.1 Å². The summed E-state index contributed by atoms with van der Waals surface area (Å²) in [5.41, 5.74) is 2.05. The Morgan fingerprint density at radius 2 is 1.81 bits per heavy atom. The number of nitrogens with one attached hydrogen (secondary N) is 1. The summed E-state index contributed by atoms with van der Waals surface area (Å²) in [5.74, 6) is 0. The first-order valence-corrected chi connectivity index (χ1v) is 7.40. The molecule has 0 fully saturated rings. The number of carbonyl (C=O) groups is 1. The summed E-state index contributed by atoms with van der Waals surface area (Å²) in [7, 11) is 0. The van der Waals surface area contributed by atoms with Gasteiger partial charge in [-0.1, -0.05) is 70.5 Å². The highest BCUT2D eigenvalue weighted by Gasteiger charge is 1.99. The van der Waals surface area contributed by atoms with Crippen molar-refractivity contribution in [2.45, 2.75) is 6.61 Å². The summed E-state index contributed by atoms with van der Waals surface area (Å²) < 4.78 is 6.15. The molecular weight excluding hydrogens is 330 g/mol. The van der Waals surface area contributed by atoms with Gasteiger partial charge >= 0.3 is 6.09 Å². The average Bonchev–Trinajstić information content (AvgIpc) is 2.52. The van der Waals surface area contributed by atoms with E-state index < -0.39 is 6.09 Å². The summed E-state index contributed by atoms with van der Waals surface area (Å²) >= 11 is 3.39. The van der Waals surface area contributed by atoms with E-state index in [2.05, 4.69) is 21.2 Å². The molecule has 2 aromatic carbocycles. The van der Waals surface area contributed by atoms with Gasteiger partial charge in [-0.05, 0) is 23.3 Å². The van der Waals surface area contributed by atoms with Crippen LogP contribution in [0.1, 0.15) is 11.1 Å². The van der Waals surface area contributed by atoms with Gasteiger partial charge in [0.1, 0.15) is 6.61 Å². The Morgan fingerprint density at radius 1 is 1.10 bits per heavy atom. The Kier molecular flexibility index (Phi) is 6.03. The quantitative estimate of drug-likeness (QED) is 0.872. The van der Waals surface area contributed by atoms with Crippen molar-refractivity contribution in [2.24, 2.45) is 0 Å². The lowest BCUT2D eigenvalue weighted by Crippen LogP contribution is -2.24. The van der Waals surface area contributed by atoms with Gasteiger partial charge in [0.05, 0.1) is 0 Å². The zero-order valence-corrected chi connectivity index (χ0v) is 13.0. The number of hydrogen-bond donors (Lipinski definition) is 1. The highest BCUT2D eigenvalue weighted by atomic mass is 79.9. The number of amides is 1. The molecule has 0 heterocycles. The van der Waals surface area contributed by atoms with Crippen LogP contribution in [0, 0.1) is 0 Å². The maximum Gasteiger partial charge on any atom is 0.407 e. The molecule has 0 spiro atoms. The van der Waals surface area contributed by atoms with E-state index in [1.807, 2.05) is 66.7 Å². The van der Waals surface area contributed by atoms with Gasteiger partial charge in [0.15, 0.2) is 0 Å². The third-order valence-electron chi connectivity index (χ3n) is 2.76. The molecule has 0 aliphatic heterocycles. The molecule has 0 aromatic heterocycles. The first-order chi connectivity index (χ1) is 10.2. The van der Waals surface area contributed by atoms with Crippen molar-refractivity contribution in [1.29, 1.82) is 0 Å². The second-order valence-corrected chi connectivity index (χ2v) is 5.31. The van der Waals surface area contributed by atoms with Crippen LogP contribution in [0.4, 0.5) is 4.79 Å². The summed E-state index contributed by atoms with van der Waals surface area (Å²) in [6.07, 6.45) is 3.41. The van der Waals surface area contributed by atoms with Crippen LogP contribution in [0.5, 0.6) is 0 Å². The normalized spacial score (nSPS) is 10.5. The van der Waals surface area contributed by atoms with Crippen LogP contribution >= 0.6 is 15.9 Å². The molecule has 21 heavy (non-hydrogen) atoms. The van der Waals surface area contributed by atoms with Gasteiger partial charge in [-0.2, -0.15) is 0 Å². The van der Waals surface area contributed by atoms with Crippen LogP contribution in [0.3, 0.4) is 0 Å². The van der Waals surface area contributed by atoms with Crippen LogP contribution in [-0.2, 0) is 11.3 Å². The van der Waals surface area contributed by atoms with E-state index in [0.29, 0.717) is 6.54 Å². The molecule has 0 bridgehead atoms. The standard InChI is InChI=1S/C17H16BrNO2/c18-16-10-8-14(9-11-16)7-4-12-19-17(20)21-13-15-5-2-1-3-6-15/h1-11H,12-13H2,(H,19,20). The zero-order valence-electron chi connectivity index (χ0n) is 11.5. The fourth-order valence-electron chi connectivity index (χ4n) is 1.69. The van der Waals surface area contributed by atoms with Gasteiger partial charge in [-0.3, -0.25) is 0 Å². The van der Waals surface area contributed by atoms with Crippen molar-refractivity contribution in [3.8, 4) is 0 Å². The monoisotopic (exact) mass is 345 g/mol. The zero-order chi connectivity index (χ0) is 14.9. The highest BCUT2D eigenvalue weighted by molar-refractivity contribution is 9.10. The molecule has 0 aliphatic rings. The summed E-state index contributed by atoms with van der Waals surface area (Å²) in [6, 6.07) is 17.5. The molecule has 0 atom stereocenters. The molecule has 0 saturated carbocycles. The molecule has 4 heteroatoms. The second kappa shape index (κ2) is 8.27. The average molecular weight is 346 g/mol. The maximum absolute atomic E-state index is 11.5. The number of halogens is 1. The molecule has 0 unspecified atom stereocenters. The van der Waals surface area contributed by atoms with Crippen molar-refractivity contribution >= 4 is 28.1 Å². The number of hydrogen-bond acceptors (Lipinski definition) is 2. The van der Waals surface area contributed by atoms with Gasteiger partial charge in [-0.15, -0.1) is 0 Å². The predicted octanol–water partition coefficient (Wildman–Crippen LogP) is 4.39. The number of rotatable bonds is 5. The van der Waals surface area contributed by atoms with Crippen molar-refractivity contribution in [3.05, 3.63) is 76.3 Å². The molecule has 1 amide bonds. The van der Waals surface area contributed by atoms with Crippen molar-refractivity contribution in [2.75, 3.05) is 6.54 Å². The summed E-state index contributed by atoms with van der Waals surface area (Å²) in [5, 5.41) is 2.68. The SMILES string of the molecule is O=C(NCC=Cc1ccc(Br)cc1)OCc1ccccc1. The molecule has 2 aromatic rings. The van der Waals surface area contributed by atoms with Crippen molar-refractivity contribution in [3.63, 3.8) is 0 Å². The maximum atomic E-state index is 11.5. The van der Waals surface area contributed by atoms with E-state index in [4.69, 9.17) is 4.74 Å². The Bertz CT molecular complexity index is 594. The molecule has 0 aliphatic carbocycles. The van der Waals surface area contributed by atoms with Gasteiger partial charge in [-0.25, -0.2) is 4.79 Å². The molecule has 3 nitrogen and oxygen atoms in total. The molecule has 0 radical (unpaired) electrons. The largest absolute Gasteiger partial charge is 0.445 e. The van der Waals surface area contributed by atoms with E-state index in [1.54, 1.807) is 0 Å². The van der Waals surface area contributed by atoms with E-state index in [-0.39, 0.29) is 6.61 Å². The smallest absolute Gasteiger partial charge is 0.407 e. The Morgan fingerprint density at radius 3 is 2.52 bits per heavy atom. The van der Waals surface area contributed by atoms with E-state index in [9.17, 15) is 4.79 Å². The molecule has 108 valence electrons. The molecular formula is C17H16BrNO2. The number of alkyl carbamates (subject to hydrolysis) is 1. The van der Waals surface area contributed by atoms with Crippen LogP contribution in [0.25, 0.3) is 6.08 Å². The van der Waals surface area contributed by atoms with Crippen molar-refractivity contribution < 1.29 is 9.53 Å². The first kappa shape index (κ1) is 15.3. The summed E-state index contributed by atoms with van der Waals surface area (Å²) in [6.45, 7) is 0.715. The Labute approximate surface area is 132 Å². The van der Waals surface area contributed by atoms with Crippen LogP contribution < -0.4 is 5.32 Å². The minimum atomic E-state index is -0.417. The highest BCUT2D eigenvalue weighted by Crippen LogP contribution is 2.11. The van der Waals surface area contributed by atoms with E-state index in [1.165, 1.54) is 0 Å². The van der Waals surface area contributed by atoms with E-state index in [0.717, 1.165) is 15.6 Å². The number of benzene rings is 2. The predicted molar refractivity (Wildman–Crippen MR) is 87.8 cm³/mol. The third kappa shape index (κ3) is 5.83. The lowest BCUT2D eigenvalue weighted by Gasteiger charge is -2.05.